The Kier molecular flexibility index (Phi) is 3.01. The molecule has 0 fully saturated rings. The molecule has 0 radical (unpaired) electrons. The predicted molar refractivity (Wildman–Crippen MR) is 53.6 cm³/mol. The Morgan fingerprint density at radius 3 is 2.29 bits per heavy atom. The van der Waals surface area contributed by atoms with Gasteiger partial charge in [-0.3, -0.25) is 0 Å². The van der Waals surface area contributed by atoms with Crippen molar-refractivity contribution in [3.63, 3.8) is 0 Å². The third kappa shape index (κ3) is 2.94. The maximum atomic E-state index is 12.6. The third-order valence-corrected chi connectivity index (χ3v) is 2.51. The van der Waals surface area contributed by atoms with Gasteiger partial charge in [0.05, 0.1) is 0 Å². The number of benzene rings is 1. The fourth-order valence-electron chi connectivity index (χ4n) is 1.04. The molecule has 0 aliphatic heterocycles. The van der Waals surface area contributed by atoms with Gasteiger partial charge < -0.3 is 4.74 Å². The van der Waals surface area contributed by atoms with Crippen LogP contribution in [0.5, 0.6) is 10.9 Å². The Balaban J connectivity index is 2.14. The smallest absolute Gasteiger partial charge is 0.431 e. The number of rotatable bonds is 2. The number of thiazole rings is 1. The molecule has 7 heteroatoms. The van der Waals surface area contributed by atoms with Gasteiger partial charge in [-0.05, 0) is 24.3 Å². The molecule has 0 N–H and O–H groups in total. The lowest BCUT2D eigenvalue weighted by molar-refractivity contribution is -0.140. The first-order valence-electron chi connectivity index (χ1n) is 4.41. The molecular formula is C10H5F4NOS. The number of ether oxygens (including phenoxy) is 1. The van der Waals surface area contributed by atoms with Crippen molar-refractivity contribution >= 4 is 11.3 Å². The van der Waals surface area contributed by atoms with Crippen LogP contribution < -0.4 is 4.74 Å². The van der Waals surface area contributed by atoms with Gasteiger partial charge in [-0.1, -0.05) is 11.3 Å². The van der Waals surface area contributed by atoms with Crippen LogP contribution in [-0.2, 0) is 6.18 Å². The highest BCUT2D eigenvalue weighted by atomic mass is 32.1. The molecule has 17 heavy (non-hydrogen) atoms. The van der Waals surface area contributed by atoms with E-state index in [4.69, 9.17) is 4.74 Å². The van der Waals surface area contributed by atoms with E-state index in [1.807, 2.05) is 0 Å². The topological polar surface area (TPSA) is 22.1 Å². The molecule has 0 atom stereocenters. The zero-order chi connectivity index (χ0) is 12.5. The van der Waals surface area contributed by atoms with Crippen LogP contribution in [0.1, 0.15) is 5.69 Å². The quantitative estimate of drug-likeness (QED) is 0.761. The lowest BCUT2D eigenvalue weighted by Crippen LogP contribution is -2.04. The summed E-state index contributed by atoms with van der Waals surface area (Å²) in [4.78, 5) is 3.28. The lowest BCUT2D eigenvalue weighted by Gasteiger charge is -2.01. The van der Waals surface area contributed by atoms with Crippen molar-refractivity contribution < 1.29 is 22.3 Å². The highest BCUT2D eigenvalue weighted by Crippen LogP contribution is 2.34. The molecule has 1 aromatic heterocycles. The molecule has 0 amide bonds. The van der Waals surface area contributed by atoms with Crippen molar-refractivity contribution in [2.24, 2.45) is 0 Å². The van der Waals surface area contributed by atoms with E-state index in [-0.39, 0.29) is 10.9 Å². The van der Waals surface area contributed by atoms with Crippen LogP contribution in [0.25, 0.3) is 0 Å². The lowest BCUT2D eigenvalue weighted by atomic mass is 10.3. The predicted octanol–water partition coefficient (Wildman–Crippen LogP) is 4.09. The van der Waals surface area contributed by atoms with Gasteiger partial charge in [0.15, 0.2) is 5.69 Å². The summed E-state index contributed by atoms with van der Waals surface area (Å²) in [5.74, 6) is -0.220. The molecule has 0 saturated carbocycles. The minimum atomic E-state index is -4.49. The van der Waals surface area contributed by atoms with E-state index in [2.05, 4.69) is 4.98 Å². The van der Waals surface area contributed by atoms with Gasteiger partial charge in [0.25, 0.3) is 5.19 Å². The average Bonchev–Trinajstić information content (AvgIpc) is 2.69. The van der Waals surface area contributed by atoms with Gasteiger partial charge in [0.2, 0.25) is 0 Å². The molecule has 2 rings (SSSR count). The highest BCUT2D eigenvalue weighted by Gasteiger charge is 2.34. The molecule has 0 spiro atoms. The van der Waals surface area contributed by atoms with Gasteiger partial charge in [-0.25, -0.2) is 4.39 Å². The van der Waals surface area contributed by atoms with E-state index >= 15 is 0 Å². The summed E-state index contributed by atoms with van der Waals surface area (Å²) in [7, 11) is 0. The molecule has 0 unspecified atom stereocenters. The van der Waals surface area contributed by atoms with E-state index in [0.717, 1.165) is 28.8 Å². The van der Waals surface area contributed by atoms with Gasteiger partial charge >= 0.3 is 6.18 Å². The summed E-state index contributed by atoms with van der Waals surface area (Å²) < 4.78 is 54.3. The summed E-state index contributed by atoms with van der Waals surface area (Å²) in [5.41, 5.74) is -1.00. The fourth-order valence-corrected chi connectivity index (χ4v) is 1.73. The number of halogens is 4. The summed E-state index contributed by atoms with van der Waals surface area (Å²) in [5, 5.41) is 0.725. The minimum Gasteiger partial charge on any atom is -0.431 e. The van der Waals surface area contributed by atoms with Crippen LogP contribution in [0, 0.1) is 5.82 Å². The van der Waals surface area contributed by atoms with Crippen molar-refractivity contribution in [3.05, 3.63) is 41.2 Å². The second-order valence-electron chi connectivity index (χ2n) is 3.05. The summed E-state index contributed by atoms with van der Waals surface area (Å²) in [6.07, 6.45) is -4.49. The summed E-state index contributed by atoms with van der Waals surface area (Å²) in [6, 6.07) is 4.91. The van der Waals surface area contributed by atoms with Crippen molar-refractivity contribution in [1.29, 1.82) is 0 Å². The molecule has 0 aliphatic rings. The largest absolute Gasteiger partial charge is 0.434 e. The Morgan fingerprint density at radius 1 is 1.12 bits per heavy atom. The number of alkyl halides is 3. The average molecular weight is 263 g/mol. The van der Waals surface area contributed by atoms with Gasteiger partial charge in [0.1, 0.15) is 11.6 Å². The molecule has 2 aromatic rings. The van der Waals surface area contributed by atoms with Gasteiger partial charge in [0, 0.05) is 5.38 Å². The molecule has 0 bridgehead atoms. The van der Waals surface area contributed by atoms with Gasteiger partial charge in [-0.2, -0.15) is 18.2 Å². The number of hydrogen-bond donors (Lipinski definition) is 0. The van der Waals surface area contributed by atoms with Crippen LogP contribution in [-0.4, -0.2) is 4.98 Å². The molecule has 2 nitrogen and oxygen atoms in total. The SMILES string of the molecule is Fc1ccc(Oc2nc(C(F)(F)F)cs2)cc1. The Bertz CT molecular complexity index is 506. The number of aromatic nitrogens is 1. The normalized spacial score (nSPS) is 11.5. The zero-order valence-electron chi connectivity index (χ0n) is 8.16. The molecule has 0 aliphatic carbocycles. The van der Waals surface area contributed by atoms with Crippen LogP contribution >= 0.6 is 11.3 Å². The maximum Gasteiger partial charge on any atom is 0.434 e. The first-order valence-corrected chi connectivity index (χ1v) is 5.29. The molecule has 1 heterocycles. The fraction of sp³-hybridized carbons (Fsp3) is 0.100. The summed E-state index contributed by atoms with van der Waals surface area (Å²) in [6.45, 7) is 0. The zero-order valence-corrected chi connectivity index (χ0v) is 8.98. The van der Waals surface area contributed by atoms with Crippen LogP contribution in [0.2, 0.25) is 0 Å². The second-order valence-corrected chi connectivity index (χ2v) is 3.87. The molecule has 0 saturated heterocycles. The van der Waals surface area contributed by atoms with Crippen LogP contribution in [0.15, 0.2) is 29.6 Å². The number of hydrogen-bond acceptors (Lipinski definition) is 3. The van der Waals surface area contributed by atoms with Crippen LogP contribution in [0.3, 0.4) is 0 Å². The molecule has 1 aromatic carbocycles. The number of nitrogens with zero attached hydrogens (tertiary/aromatic N) is 1. The van der Waals surface area contributed by atoms with Gasteiger partial charge in [-0.15, -0.1) is 0 Å². The minimum absolute atomic E-state index is 0.135. The van der Waals surface area contributed by atoms with E-state index in [1.54, 1.807) is 0 Å². The Labute approximate surface area is 97.5 Å². The monoisotopic (exact) mass is 263 g/mol. The molecular weight excluding hydrogens is 258 g/mol. The van der Waals surface area contributed by atoms with Crippen molar-refractivity contribution in [1.82, 2.24) is 4.98 Å². The van der Waals surface area contributed by atoms with E-state index < -0.39 is 17.7 Å². The third-order valence-electron chi connectivity index (χ3n) is 1.79. The Morgan fingerprint density at radius 2 is 1.76 bits per heavy atom. The van der Waals surface area contributed by atoms with Crippen molar-refractivity contribution in [2.75, 3.05) is 0 Å². The van der Waals surface area contributed by atoms with Crippen LogP contribution in [0.4, 0.5) is 17.6 Å². The standard InChI is InChI=1S/C10H5F4NOS/c11-6-1-3-7(4-2-6)16-9-15-8(5-17-9)10(12,13)14/h1-5H. The Hall–Kier alpha value is -1.63. The van der Waals surface area contributed by atoms with Crippen molar-refractivity contribution in [2.45, 2.75) is 6.18 Å². The first kappa shape index (κ1) is 11.8. The second kappa shape index (κ2) is 4.33. The highest BCUT2D eigenvalue weighted by molar-refractivity contribution is 7.11. The first-order chi connectivity index (χ1) is 7.95. The van der Waals surface area contributed by atoms with E-state index in [9.17, 15) is 17.6 Å². The van der Waals surface area contributed by atoms with Crippen molar-refractivity contribution in [3.8, 4) is 10.9 Å². The van der Waals surface area contributed by atoms with E-state index in [0.29, 0.717) is 0 Å². The molecule has 90 valence electrons. The summed E-state index contributed by atoms with van der Waals surface area (Å²) >= 11 is 0.728. The van der Waals surface area contributed by atoms with E-state index in [1.165, 1.54) is 12.1 Å². The maximum absolute atomic E-state index is 12.6.